The van der Waals surface area contributed by atoms with Crippen molar-refractivity contribution in [1.82, 2.24) is 0 Å². The molecule has 0 amide bonds. The standard InChI is InChI=1S/C26H38O11S/c1-3-19(28)13-34-15-21(30)16-36-24(17-35-14-20(29)12-27)18-37-23-6-10-26(11-7-23)38(31,32)25-8-4-22(33-2)5-9-25/h4-11,19-21,24,27-30H,3,12-18H2,1-2H3. The molecule has 38 heavy (non-hydrogen) atoms. The molecule has 2 aromatic carbocycles. The number of hydrogen-bond donors (Lipinski definition) is 4. The summed E-state index contributed by atoms with van der Waals surface area (Å²) in [7, 11) is -2.22. The van der Waals surface area contributed by atoms with Gasteiger partial charge in [-0.15, -0.1) is 0 Å². The fraction of sp³-hybridized carbons (Fsp3) is 0.538. The topological polar surface area (TPSA) is 161 Å². The second-order valence-corrected chi connectivity index (χ2v) is 10.5. The first kappa shape index (κ1) is 31.9. The van der Waals surface area contributed by atoms with Gasteiger partial charge in [0.05, 0.1) is 62.6 Å². The zero-order valence-electron chi connectivity index (χ0n) is 21.6. The minimum absolute atomic E-state index is 0.00191. The average molecular weight is 559 g/mol. The van der Waals surface area contributed by atoms with Crippen molar-refractivity contribution in [2.24, 2.45) is 0 Å². The number of aliphatic hydroxyl groups excluding tert-OH is 4. The first-order valence-electron chi connectivity index (χ1n) is 12.2. The molecular weight excluding hydrogens is 520 g/mol. The van der Waals surface area contributed by atoms with Crippen LogP contribution in [0, 0.1) is 0 Å². The molecule has 0 aliphatic rings. The van der Waals surface area contributed by atoms with E-state index in [0.29, 0.717) is 17.9 Å². The summed E-state index contributed by atoms with van der Waals surface area (Å²) in [6.45, 7) is 1.24. The van der Waals surface area contributed by atoms with Crippen LogP contribution in [0.4, 0.5) is 0 Å². The van der Waals surface area contributed by atoms with Crippen molar-refractivity contribution < 1.29 is 52.5 Å². The van der Waals surface area contributed by atoms with Crippen LogP contribution in [0.25, 0.3) is 0 Å². The Kier molecular flexibility index (Phi) is 14.0. The van der Waals surface area contributed by atoms with E-state index in [1.165, 1.54) is 43.5 Å². The average Bonchev–Trinajstić information content (AvgIpc) is 2.94. The lowest BCUT2D eigenvalue weighted by molar-refractivity contribution is -0.0931. The van der Waals surface area contributed by atoms with Gasteiger partial charge in [0.2, 0.25) is 9.84 Å². The summed E-state index contributed by atoms with van der Waals surface area (Å²) < 4.78 is 52.9. The quantitative estimate of drug-likeness (QED) is 0.193. The van der Waals surface area contributed by atoms with Gasteiger partial charge >= 0.3 is 0 Å². The molecule has 0 aliphatic heterocycles. The lowest BCUT2D eigenvalue weighted by Gasteiger charge is -2.21. The first-order chi connectivity index (χ1) is 18.2. The smallest absolute Gasteiger partial charge is 0.206 e. The second kappa shape index (κ2) is 16.6. The van der Waals surface area contributed by atoms with Gasteiger partial charge in [0, 0.05) is 0 Å². The van der Waals surface area contributed by atoms with Crippen molar-refractivity contribution in [1.29, 1.82) is 0 Å². The van der Waals surface area contributed by atoms with Gasteiger partial charge in [-0.3, -0.25) is 0 Å². The molecule has 0 aromatic heterocycles. The van der Waals surface area contributed by atoms with Crippen LogP contribution in [0.3, 0.4) is 0 Å². The van der Waals surface area contributed by atoms with Crippen molar-refractivity contribution in [3.8, 4) is 11.5 Å². The van der Waals surface area contributed by atoms with E-state index in [4.69, 9.17) is 28.8 Å². The number of ether oxygens (including phenoxy) is 5. The van der Waals surface area contributed by atoms with Gasteiger partial charge in [0.1, 0.15) is 36.4 Å². The summed E-state index contributed by atoms with van der Waals surface area (Å²) in [6, 6.07) is 12.0. The fourth-order valence-corrected chi connectivity index (χ4v) is 4.34. The molecule has 0 radical (unpaired) electrons. The molecule has 214 valence electrons. The fourth-order valence-electron chi connectivity index (χ4n) is 3.08. The Bertz CT molecular complexity index is 1010. The Morgan fingerprint density at radius 1 is 0.711 bits per heavy atom. The molecule has 0 fully saturated rings. The molecule has 11 nitrogen and oxygen atoms in total. The van der Waals surface area contributed by atoms with Crippen LogP contribution in [0.5, 0.6) is 11.5 Å². The molecule has 2 aromatic rings. The van der Waals surface area contributed by atoms with E-state index in [0.717, 1.165) is 0 Å². The number of rotatable bonds is 19. The largest absolute Gasteiger partial charge is 0.497 e. The Hall–Kier alpha value is -2.29. The highest BCUT2D eigenvalue weighted by Crippen LogP contribution is 2.25. The van der Waals surface area contributed by atoms with E-state index in [2.05, 4.69) is 0 Å². The van der Waals surface area contributed by atoms with E-state index in [1.54, 1.807) is 12.1 Å². The van der Waals surface area contributed by atoms with Crippen molar-refractivity contribution in [2.75, 3.05) is 53.4 Å². The first-order valence-corrected chi connectivity index (χ1v) is 13.7. The van der Waals surface area contributed by atoms with Gasteiger partial charge in [-0.25, -0.2) is 8.42 Å². The minimum Gasteiger partial charge on any atom is -0.497 e. The second-order valence-electron chi connectivity index (χ2n) is 8.54. The molecule has 0 bridgehead atoms. The molecular formula is C26H38O11S. The van der Waals surface area contributed by atoms with Crippen LogP contribution in [0.2, 0.25) is 0 Å². The molecule has 12 heteroatoms. The van der Waals surface area contributed by atoms with Crippen LogP contribution in [0.1, 0.15) is 13.3 Å². The molecule has 0 spiro atoms. The van der Waals surface area contributed by atoms with Gasteiger partial charge in [-0.1, -0.05) is 6.92 Å². The molecule has 0 aliphatic carbocycles. The zero-order chi connectivity index (χ0) is 28.0. The van der Waals surface area contributed by atoms with Gasteiger partial charge in [0.25, 0.3) is 0 Å². The molecule has 0 heterocycles. The lowest BCUT2D eigenvalue weighted by atomic mass is 10.3. The molecule has 0 saturated carbocycles. The van der Waals surface area contributed by atoms with E-state index in [1.807, 2.05) is 6.92 Å². The van der Waals surface area contributed by atoms with Crippen molar-refractivity contribution >= 4 is 9.84 Å². The summed E-state index contributed by atoms with van der Waals surface area (Å²) in [4.78, 5) is 0.231. The van der Waals surface area contributed by atoms with E-state index >= 15 is 0 Å². The number of aliphatic hydroxyl groups is 4. The highest BCUT2D eigenvalue weighted by Gasteiger charge is 2.19. The third kappa shape index (κ3) is 10.8. The summed E-state index contributed by atoms with van der Waals surface area (Å²) in [5.41, 5.74) is 0. The molecule has 0 saturated heterocycles. The molecule has 2 rings (SSSR count). The van der Waals surface area contributed by atoms with E-state index < -0.39 is 40.9 Å². The zero-order valence-corrected chi connectivity index (χ0v) is 22.5. The maximum atomic E-state index is 12.9. The van der Waals surface area contributed by atoms with Gasteiger partial charge in [-0.05, 0) is 55.0 Å². The predicted molar refractivity (Wildman–Crippen MR) is 137 cm³/mol. The maximum absolute atomic E-state index is 12.9. The number of sulfone groups is 1. The number of benzene rings is 2. The highest BCUT2D eigenvalue weighted by atomic mass is 32.2. The summed E-state index contributed by atoms with van der Waals surface area (Å²) in [5.74, 6) is 0.940. The van der Waals surface area contributed by atoms with Crippen molar-refractivity contribution in [3.05, 3.63) is 48.5 Å². The maximum Gasteiger partial charge on any atom is 0.206 e. The summed E-state index contributed by atoms with van der Waals surface area (Å²) in [6.07, 6.45) is -2.71. The summed E-state index contributed by atoms with van der Waals surface area (Å²) in [5, 5.41) is 38.0. The van der Waals surface area contributed by atoms with Crippen LogP contribution in [-0.2, 0) is 24.0 Å². The normalized spacial score (nSPS) is 15.0. The Labute approximate surface area is 223 Å². The van der Waals surface area contributed by atoms with E-state index in [9.17, 15) is 23.7 Å². The van der Waals surface area contributed by atoms with E-state index in [-0.39, 0.29) is 49.4 Å². The predicted octanol–water partition coefficient (Wildman–Crippen LogP) is 0.810. The van der Waals surface area contributed by atoms with Crippen LogP contribution in [-0.4, -0.2) is 107 Å². The monoisotopic (exact) mass is 558 g/mol. The molecule has 4 N–H and O–H groups in total. The Balaban J connectivity index is 1.94. The lowest BCUT2D eigenvalue weighted by Crippen LogP contribution is -2.34. The van der Waals surface area contributed by atoms with Gasteiger partial charge in [0.15, 0.2) is 0 Å². The highest BCUT2D eigenvalue weighted by molar-refractivity contribution is 7.91. The van der Waals surface area contributed by atoms with Crippen LogP contribution < -0.4 is 9.47 Å². The Morgan fingerprint density at radius 3 is 1.79 bits per heavy atom. The Morgan fingerprint density at radius 2 is 1.24 bits per heavy atom. The summed E-state index contributed by atoms with van der Waals surface area (Å²) >= 11 is 0. The van der Waals surface area contributed by atoms with Crippen molar-refractivity contribution in [3.63, 3.8) is 0 Å². The molecule has 4 atom stereocenters. The number of methoxy groups -OCH3 is 1. The SMILES string of the molecule is CCC(O)COCC(O)COC(COCC(O)CO)COc1ccc(S(=O)(=O)c2ccc(OC)cc2)cc1. The third-order valence-electron chi connectivity index (χ3n) is 5.38. The van der Waals surface area contributed by atoms with Crippen LogP contribution in [0.15, 0.2) is 58.3 Å². The number of hydrogen-bond acceptors (Lipinski definition) is 11. The third-order valence-corrected chi connectivity index (χ3v) is 7.17. The van der Waals surface area contributed by atoms with Crippen LogP contribution >= 0.6 is 0 Å². The van der Waals surface area contributed by atoms with Gasteiger partial charge < -0.3 is 44.1 Å². The van der Waals surface area contributed by atoms with Crippen molar-refractivity contribution in [2.45, 2.75) is 47.6 Å². The minimum atomic E-state index is -3.72. The van der Waals surface area contributed by atoms with Gasteiger partial charge in [-0.2, -0.15) is 0 Å². The molecule has 4 unspecified atom stereocenters.